The van der Waals surface area contributed by atoms with Crippen LogP contribution in [0, 0.1) is 17.7 Å². The number of esters is 1. The van der Waals surface area contributed by atoms with Crippen molar-refractivity contribution >= 4 is 11.9 Å². The summed E-state index contributed by atoms with van der Waals surface area (Å²) in [5.74, 6) is 0.190. The number of hydrogen-bond donors (Lipinski definition) is 1. The molecule has 0 aliphatic heterocycles. The lowest BCUT2D eigenvalue weighted by atomic mass is 9.77. The molecule has 0 heterocycles. The highest BCUT2D eigenvalue weighted by atomic mass is 19.1. The number of hydrogen-bond acceptors (Lipinski definition) is 3. The van der Waals surface area contributed by atoms with E-state index < -0.39 is 0 Å². The first-order chi connectivity index (χ1) is 14.0. The maximum Gasteiger partial charge on any atom is 0.305 e. The first-order valence-electron chi connectivity index (χ1n) is 10.2. The van der Waals surface area contributed by atoms with Crippen LogP contribution in [0.3, 0.4) is 0 Å². The largest absolute Gasteiger partial charge is 0.469 e. The molecule has 1 fully saturated rings. The molecule has 1 aliphatic carbocycles. The Morgan fingerprint density at radius 2 is 1.62 bits per heavy atom. The molecule has 2 aromatic carbocycles. The molecule has 0 aromatic heterocycles. The summed E-state index contributed by atoms with van der Waals surface area (Å²) in [7, 11) is 1.43. The number of methoxy groups -OCH3 is 1. The van der Waals surface area contributed by atoms with E-state index in [2.05, 4.69) is 5.32 Å². The van der Waals surface area contributed by atoms with Crippen LogP contribution in [-0.2, 0) is 9.53 Å². The van der Waals surface area contributed by atoms with Crippen molar-refractivity contribution in [3.8, 4) is 0 Å². The second kappa shape index (κ2) is 10.2. The van der Waals surface area contributed by atoms with Gasteiger partial charge in [0.25, 0.3) is 5.91 Å². The standard InChI is InChI=1S/C24H28FNO3/c1-29-23(27)16-18-9-7-17(8-10-18)15-22(19-5-3-2-4-6-19)26-24(28)20-11-13-21(25)14-12-20/h2-6,11-14,17-18,22H,7-10,15-16H2,1H3,(H,26,28). The van der Waals surface area contributed by atoms with Gasteiger partial charge in [0.15, 0.2) is 0 Å². The van der Waals surface area contributed by atoms with Crippen molar-refractivity contribution in [3.05, 3.63) is 71.5 Å². The van der Waals surface area contributed by atoms with Crippen LogP contribution in [0.2, 0.25) is 0 Å². The van der Waals surface area contributed by atoms with Crippen LogP contribution in [0.1, 0.15) is 60.5 Å². The molecule has 2 aromatic rings. The third-order valence-corrected chi connectivity index (χ3v) is 5.83. The molecule has 0 saturated heterocycles. The molecule has 0 radical (unpaired) electrons. The summed E-state index contributed by atoms with van der Waals surface area (Å²) in [5, 5.41) is 3.13. The number of carbonyl (C=O) groups excluding carboxylic acids is 2. The minimum absolute atomic E-state index is 0.101. The van der Waals surface area contributed by atoms with Crippen molar-refractivity contribution in [1.29, 1.82) is 0 Å². The molecule has 1 atom stereocenters. The highest BCUT2D eigenvalue weighted by Gasteiger charge is 2.27. The van der Waals surface area contributed by atoms with Crippen molar-refractivity contribution in [2.75, 3.05) is 7.11 Å². The van der Waals surface area contributed by atoms with E-state index in [1.807, 2.05) is 30.3 Å². The highest BCUT2D eigenvalue weighted by Crippen LogP contribution is 2.36. The van der Waals surface area contributed by atoms with Gasteiger partial charge in [0.05, 0.1) is 13.2 Å². The quantitative estimate of drug-likeness (QED) is 0.665. The summed E-state index contributed by atoms with van der Waals surface area (Å²) < 4.78 is 17.9. The smallest absolute Gasteiger partial charge is 0.305 e. The van der Waals surface area contributed by atoms with Crippen LogP contribution in [0.5, 0.6) is 0 Å². The fourth-order valence-electron chi connectivity index (χ4n) is 4.13. The van der Waals surface area contributed by atoms with Gasteiger partial charge < -0.3 is 10.1 Å². The number of carbonyl (C=O) groups is 2. The van der Waals surface area contributed by atoms with Crippen LogP contribution in [0.25, 0.3) is 0 Å². The van der Waals surface area contributed by atoms with Gasteiger partial charge in [0.1, 0.15) is 5.82 Å². The first-order valence-corrected chi connectivity index (χ1v) is 10.2. The van der Waals surface area contributed by atoms with Crippen LogP contribution >= 0.6 is 0 Å². The van der Waals surface area contributed by atoms with E-state index in [0.717, 1.165) is 37.7 Å². The second-order valence-electron chi connectivity index (χ2n) is 7.85. The summed E-state index contributed by atoms with van der Waals surface area (Å²) in [6.07, 6.45) is 5.43. The lowest BCUT2D eigenvalue weighted by Gasteiger charge is -2.31. The van der Waals surface area contributed by atoms with Crippen LogP contribution < -0.4 is 5.32 Å². The number of amides is 1. The predicted octanol–water partition coefficient (Wildman–Crippen LogP) is 5.06. The highest BCUT2D eigenvalue weighted by molar-refractivity contribution is 5.94. The number of halogens is 1. The Bertz CT molecular complexity index is 799. The zero-order valence-corrected chi connectivity index (χ0v) is 16.8. The average molecular weight is 397 g/mol. The zero-order chi connectivity index (χ0) is 20.6. The Morgan fingerprint density at radius 3 is 2.24 bits per heavy atom. The molecule has 1 N–H and O–H groups in total. The minimum atomic E-state index is -0.357. The van der Waals surface area contributed by atoms with Crippen LogP contribution in [-0.4, -0.2) is 19.0 Å². The fraction of sp³-hybridized carbons (Fsp3) is 0.417. The molecule has 1 amide bonds. The second-order valence-corrected chi connectivity index (χ2v) is 7.85. The number of ether oxygens (including phenoxy) is 1. The van der Waals surface area contributed by atoms with Gasteiger partial charge in [-0.2, -0.15) is 0 Å². The van der Waals surface area contributed by atoms with E-state index in [4.69, 9.17) is 4.74 Å². The number of rotatable bonds is 7. The lowest BCUT2D eigenvalue weighted by Crippen LogP contribution is -2.31. The van der Waals surface area contributed by atoms with E-state index in [1.165, 1.54) is 31.4 Å². The Balaban J connectivity index is 1.63. The maximum absolute atomic E-state index is 13.2. The molecule has 0 bridgehead atoms. The molecular formula is C24H28FNO3. The van der Waals surface area contributed by atoms with Gasteiger partial charge >= 0.3 is 5.97 Å². The Morgan fingerprint density at radius 1 is 1.00 bits per heavy atom. The van der Waals surface area contributed by atoms with Gasteiger partial charge in [0, 0.05) is 12.0 Å². The van der Waals surface area contributed by atoms with Crippen LogP contribution in [0.4, 0.5) is 4.39 Å². The fourth-order valence-corrected chi connectivity index (χ4v) is 4.13. The van der Waals surface area contributed by atoms with Gasteiger partial charge in [-0.3, -0.25) is 9.59 Å². The Labute approximate surface area is 171 Å². The summed E-state index contributed by atoms with van der Waals surface area (Å²) in [4.78, 5) is 24.2. The van der Waals surface area contributed by atoms with E-state index in [9.17, 15) is 14.0 Å². The van der Waals surface area contributed by atoms with Crippen LogP contribution in [0.15, 0.2) is 54.6 Å². The minimum Gasteiger partial charge on any atom is -0.469 e. The van der Waals surface area contributed by atoms with E-state index in [1.54, 1.807) is 0 Å². The maximum atomic E-state index is 13.2. The first kappa shape index (κ1) is 21.0. The molecule has 5 heteroatoms. The molecule has 0 spiro atoms. The zero-order valence-electron chi connectivity index (χ0n) is 16.8. The summed E-state index contributed by atoms with van der Waals surface area (Å²) in [6, 6.07) is 15.5. The lowest BCUT2D eigenvalue weighted by molar-refractivity contribution is -0.142. The molecule has 29 heavy (non-hydrogen) atoms. The Hall–Kier alpha value is -2.69. The molecule has 3 rings (SSSR count). The Kier molecular flexibility index (Phi) is 7.39. The van der Waals surface area contributed by atoms with Crippen molar-refractivity contribution < 1.29 is 18.7 Å². The van der Waals surface area contributed by atoms with E-state index >= 15 is 0 Å². The molecule has 1 saturated carbocycles. The monoisotopic (exact) mass is 397 g/mol. The van der Waals surface area contributed by atoms with Gasteiger partial charge in [-0.15, -0.1) is 0 Å². The molecule has 1 unspecified atom stereocenters. The predicted molar refractivity (Wildman–Crippen MR) is 110 cm³/mol. The third kappa shape index (κ3) is 6.14. The van der Waals surface area contributed by atoms with E-state index in [0.29, 0.717) is 23.8 Å². The van der Waals surface area contributed by atoms with Crippen molar-refractivity contribution in [3.63, 3.8) is 0 Å². The summed E-state index contributed by atoms with van der Waals surface area (Å²) >= 11 is 0. The number of benzene rings is 2. The van der Waals surface area contributed by atoms with Crippen molar-refractivity contribution in [2.24, 2.45) is 11.8 Å². The van der Waals surface area contributed by atoms with Gasteiger partial charge in [-0.25, -0.2) is 4.39 Å². The average Bonchev–Trinajstić information content (AvgIpc) is 2.75. The third-order valence-electron chi connectivity index (χ3n) is 5.83. The molecule has 4 nitrogen and oxygen atoms in total. The van der Waals surface area contributed by atoms with Crippen molar-refractivity contribution in [1.82, 2.24) is 5.32 Å². The molecular weight excluding hydrogens is 369 g/mol. The summed E-state index contributed by atoms with van der Waals surface area (Å²) in [5.41, 5.74) is 1.52. The van der Waals surface area contributed by atoms with E-state index in [-0.39, 0.29) is 23.7 Å². The van der Waals surface area contributed by atoms with Gasteiger partial charge in [0.2, 0.25) is 0 Å². The topological polar surface area (TPSA) is 55.4 Å². The van der Waals surface area contributed by atoms with Crippen molar-refractivity contribution in [2.45, 2.75) is 44.6 Å². The molecule has 154 valence electrons. The SMILES string of the molecule is COC(=O)CC1CCC(CC(NC(=O)c2ccc(F)cc2)c2ccccc2)CC1. The molecule has 1 aliphatic rings. The number of nitrogens with one attached hydrogen (secondary N) is 1. The summed E-state index contributed by atoms with van der Waals surface area (Å²) in [6.45, 7) is 0. The normalized spacial score (nSPS) is 19.9. The van der Waals surface area contributed by atoms with Gasteiger partial charge in [-0.1, -0.05) is 43.2 Å². The van der Waals surface area contributed by atoms with Gasteiger partial charge in [-0.05, 0) is 60.9 Å².